The van der Waals surface area contributed by atoms with Crippen LogP contribution >= 0.6 is 22.6 Å². The first-order valence-electron chi connectivity index (χ1n) is 5.74. The molecule has 7 heteroatoms. The molecule has 0 saturated carbocycles. The third kappa shape index (κ3) is 3.87. The summed E-state index contributed by atoms with van der Waals surface area (Å²) in [4.78, 5) is 11.1. The van der Waals surface area contributed by atoms with Crippen molar-refractivity contribution in [2.24, 2.45) is 0 Å². The largest absolute Gasteiger partial charge is 0.478 e. The smallest absolute Gasteiger partial charge is 0.416 e. The Morgan fingerprint density at radius 2 is 1.86 bits per heavy atom. The topological polar surface area (TPSA) is 49.3 Å². The third-order valence-electron chi connectivity index (χ3n) is 2.68. The van der Waals surface area contributed by atoms with E-state index in [2.05, 4.69) is 27.9 Å². The highest BCUT2D eigenvalue weighted by Gasteiger charge is 2.31. The van der Waals surface area contributed by atoms with Gasteiger partial charge in [0.25, 0.3) is 0 Å². The van der Waals surface area contributed by atoms with Gasteiger partial charge < -0.3 is 10.4 Å². The Morgan fingerprint density at radius 1 is 1.14 bits per heavy atom. The van der Waals surface area contributed by atoms with Crippen LogP contribution in [0.15, 0.2) is 42.5 Å². The second kappa shape index (κ2) is 5.92. The molecule has 0 saturated heterocycles. The summed E-state index contributed by atoms with van der Waals surface area (Å²) in [5.74, 6) is -1.42. The summed E-state index contributed by atoms with van der Waals surface area (Å²) in [6.07, 6.45) is -4.58. The van der Waals surface area contributed by atoms with E-state index in [1.54, 1.807) is 18.2 Å². The first-order valence-corrected chi connectivity index (χ1v) is 6.82. The third-order valence-corrected chi connectivity index (χ3v) is 3.35. The SMILES string of the molecule is O=C(O)c1cc(C(F)(F)F)ccc1Nc1cccc(I)c1. The molecule has 0 aromatic heterocycles. The fraction of sp³-hybridized carbons (Fsp3) is 0.0714. The highest BCUT2D eigenvalue weighted by atomic mass is 127. The van der Waals surface area contributed by atoms with E-state index in [1.807, 2.05) is 6.07 Å². The molecule has 0 bridgehead atoms. The quantitative estimate of drug-likeness (QED) is 0.723. The van der Waals surface area contributed by atoms with Gasteiger partial charge in [0.15, 0.2) is 0 Å². The van der Waals surface area contributed by atoms with Crippen LogP contribution in [0.2, 0.25) is 0 Å². The minimum Gasteiger partial charge on any atom is -0.478 e. The Bertz CT molecular complexity index is 686. The maximum Gasteiger partial charge on any atom is 0.416 e. The molecule has 0 amide bonds. The predicted octanol–water partition coefficient (Wildman–Crippen LogP) is 4.75. The molecule has 2 rings (SSSR count). The van der Waals surface area contributed by atoms with Crippen LogP contribution in [0.4, 0.5) is 24.5 Å². The fourth-order valence-corrected chi connectivity index (χ4v) is 2.27. The van der Waals surface area contributed by atoms with E-state index in [1.165, 1.54) is 0 Å². The lowest BCUT2D eigenvalue weighted by Crippen LogP contribution is -2.09. The van der Waals surface area contributed by atoms with Gasteiger partial charge in [0, 0.05) is 9.26 Å². The second-order valence-electron chi connectivity index (χ2n) is 4.20. The van der Waals surface area contributed by atoms with Crippen LogP contribution in [0, 0.1) is 3.57 Å². The summed E-state index contributed by atoms with van der Waals surface area (Å²) >= 11 is 2.08. The van der Waals surface area contributed by atoms with Crippen LogP contribution in [0.1, 0.15) is 15.9 Å². The number of rotatable bonds is 3. The molecule has 0 atom stereocenters. The van der Waals surface area contributed by atoms with Crippen molar-refractivity contribution in [1.29, 1.82) is 0 Å². The lowest BCUT2D eigenvalue weighted by Gasteiger charge is -2.13. The molecular formula is C14H9F3INO2. The van der Waals surface area contributed by atoms with Crippen LogP contribution in [0.3, 0.4) is 0 Å². The highest BCUT2D eigenvalue weighted by molar-refractivity contribution is 14.1. The molecule has 0 aliphatic heterocycles. The number of carboxylic acids is 1. The average molecular weight is 407 g/mol. The summed E-state index contributed by atoms with van der Waals surface area (Å²) in [7, 11) is 0. The molecule has 0 aliphatic rings. The summed E-state index contributed by atoms with van der Waals surface area (Å²) in [5, 5.41) is 11.9. The van der Waals surface area contributed by atoms with E-state index in [4.69, 9.17) is 5.11 Å². The number of nitrogens with one attached hydrogen (secondary N) is 1. The number of alkyl halides is 3. The fourth-order valence-electron chi connectivity index (χ4n) is 1.73. The van der Waals surface area contributed by atoms with E-state index in [0.717, 1.165) is 15.7 Å². The van der Waals surface area contributed by atoms with Gasteiger partial charge in [-0.25, -0.2) is 4.79 Å². The number of aromatic carboxylic acids is 1. The van der Waals surface area contributed by atoms with Gasteiger partial charge >= 0.3 is 12.1 Å². The molecule has 0 unspecified atom stereocenters. The summed E-state index contributed by atoms with van der Waals surface area (Å²) in [6, 6.07) is 9.65. The number of hydrogen-bond donors (Lipinski definition) is 2. The normalized spacial score (nSPS) is 11.2. The molecule has 0 spiro atoms. The van der Waals surface area contributed by atoms with Crippen molar-refractivity contribution in [2.45, 2.75) is 6.18 Å². The molecule has 2 N–H and O–H groups in total. The van der Waals surface area contributed by atoms with Gasteiger partial charge in [0.1, 0.15) is 0 Å². The number of anilines is 2. The molecule has 2 aromatic carbocycles. The van der Waals surface area contributed by atoms with Crippen LogP contribution in [0.25, 0.3) is 0 Å². The second-order valence-corrected chi connectivity index (χ2v) is 5.44. The minimum atomic E-state index is -4.58. The average Bonchev–Trinajstić information content (AvgIpc) is 2.37. The molecule has 0 heterocycles. The van der Waals surface area contributed by atoms with Crippen molar-refractivity contribution in [2.75, 3.05) is 5.32 Å². The van der Waals surface area contributed by atoms with Gasteiger partial charge in [-0.15, -0.1) is 0 Å². The van der Waals surface area contributed by atoms with Crippen LogP contribution in [-0.4, -0.2) is 11.1 Å². The Morgan fingerprint density at radius 3 is 2.43 bits per heavy atom. The number of benzene rings is 2. The van der Waals surface area contributed by atoms with Gasteiger partial charge in [-0.2, -0.15) is 13.2 Å². The molecule has 0 fully saturated rings. The summed E-state index contributed by atoms with van der Waals surface area (Å²) in [6.45, 7) is 0. The standard InChI is InChI=1S/C14H9F3INO2/c15-14(16,17)8-4-5-12(11(6-8)13(20)21)19-10-3-1-2-9(18)7-10/h1-7,19H,(H,20,21). The highest BCUT2D eigenvalue weighted by Crippen LogP contribution is 2.32. The predicted molar refractivity (Wildman–Crippen MR) is 80.8 cm³/mol. The van der Waals surface area contributed by atoms with Crippen molar-refractivity contribution in [1.82, 2.24) is 0 Å². The lowest BCUT2D eigenvalue weighted by atomic mass is 10.1. The van der Waals surface area contributed by atoms with Gasteiger partial charge in [-0.05, 0) is 59.0 Å². The molecule has 21 heavy (non-hydrogen) atoms. The van der Waals surface area contributed by atoms with Gasteiger partial charge in [-0.1, -0.05) is 6.07 Å². The first-order chi connectivity index (χ1) is 9.77. The molecular weight excluding hydrogens is 398 g/mol. The van der Waals surface area contributed by atoms with E-state index < -0.39 is 23.3 Å². The van der Waals surface area contributed by atoms with E-state index in [0.29, 0.717) is 11.8 Å². The van der Waals surface area contributed by atoms with Crippen molar-refractivity contribution in [3.05, 3.63) is 57.2 Å². The van der Waals surface area contributed by atoms with Gasteiger partial charge in [-0.3, -0.25) is 0 Å². The number of carboxylic acid groups (broad SMARTS) is 1. The van der Waals surface area contributed by atoms with E-state index in [-0.39, 0.29) is 5.69 Å². The zero-order valence-electron chi connectivity index (χ0n) is 10.4. The van der Waals surface area contributed by atoms with E-state index >= 15 is 0 Å². The number of carbonyl (C=O) groups is 1. The van der Waals surface area contributed by atoms with Gasteiger partial charge in [0.05, 0.1) is 16.8 Å². The Labute approximate surface area is 131 Å². The zero-order chi connectivity index (χ0) is 15.6. The van der Waals surface area contributed by atoms with Crippen LogP contribution < -0.4 is 5.32 Å². The van der Waals surface area contributed by atoms with E-state index in [9.17, 15) is 18.0 Å². The molecule has 0 radical (unpaired) electrons. The van der Waals surface area contributed by atoms with Crippen LogP contribution in [0.5, 0.6) is 0 Å². The maximum absolute atomic E-state index is 12.6. The maximum atomic E-state index is 12.6. The van der Waals surface area contributed by atoms with Crippen LogP contribution in [-0.2, 0) is 6.18 Å². The lowest BCUT2D eigenvalue weighted by molar-refractivity contribution is -0.137. The molecule has 3 nitrogen and oxygen atoms in total. The Hall–Kier alpha value is -1.77. The van der Waals surface area contributed by atoms with Crippen molar-refractivity contribution in [3.63, 3.8) is 0 Å². The molecule has 2 aromatic rings. The Balaban J connectivity index is 2.42. The Kier molecular flexibility index (Phi) is 4.40. The zero-order valence-corrected chi connectivity index (χ0v) is 12.6. The number of hydrogen-bond acceptors (Lipinski definition) is 2. The number of halogens is 4. The van der Waals surface area contributed by atoms with Crippen molar-refractivity contribution >= 4 is 39.9 Å². The first kappa shape index (κ1) is 15.6. The minimum absolute atomic E-state index is 0.109. The van der Waals surface area contributed by atoms with Crippen molar-refractivity contribution in [3.8, 4) is 0 Å². The summed E-state index contributed by atoms with van der Waals surface area (Å²) in [5.41, 5.74) is -0.710. The monoisotopic (exact) mass is 407 g/mol. The summed E-state index contributed by atoms with van der Waals surface area (Å²) < 4.78 is 38.8. The molecule has 0 aliphatic carbocycles. The van der Waals surface area contributed by atoms with Crippen molar-refractivity contribution < 1.29 is 23.1 Å². The molecule has 110 valence electrons. The van der Waals surface area contributed by atoms with Gasteiger partial charge in [0.2, 0.25) is 0 Å².